The summed E-state index contributed by atoms with van der Waals surface area (Å²) in [6.07, 6.45) is 5.78. The fraction of sp³-hybridized carbons (Fsp3) is 0.125. The molecule has 0 aliphatic carbocycles. The predicted octanol–water partition coefficient (Wildman–Crippen LogP) is 2.14. The van der Waals surface area contributed by atoms with Crippen LogP contribution in [-0.4, -0.2) is 14.0 Å². The van der Waals surface area contributed by atoms with Gasteiger partial charge in [0.1, 0.15) is 5.52 Å². The van der Waals surface area contributed by atoms with E-state index in [0.29, 0.717) is 0 Å². The van der Waals surface area contributed by atoms with Gasteiger partial charge in [-0.25, -0.2) is 13.5 Å². The van der Waals surface area contributed by atoms with Crippen molar-refractivity contribution in [3.63, 3.8) is 0 Å². The van der Waals surface area contributed by atoms with Crippen molar-refractivity contribution in [3.8, 4) is 11.4 Å². The molecule has 1 aliphatic heterocycles. The van der Waals surface area contributed by atoms with Crippen LogP contribution in [0.25, 0.3) is 28.1 Å². The minimum Gasteiger partial charge on any atom is -0.258 e. The number of benzene rings is 1. The zero-order chi connectivity index (χ0) is 13.3. The van der Waals surface area contributed by atoms with E-state index in [0.717, 1.165) is 12.1 Å². The molecule has 20 heavy (non-hydrogen) atoms. The highest BCUT2D eigenvalue weighted by atomic mass is 15.2. The summed E-state index contributed by atoms with van der Waals surface area (Å²) in [4.78, 5) is 4.21. The van der Waals surface area contributed by atoms with Crippen LogP contribution < -0.4 is 4.57 Å². The Labute approximate surface area is 115 Å². The molecule has 4 nitrogen and oxygen atoms in total. The highest BCUT2D eigenvalue weighted by molar-refractivity contribution is 5.83. The molecule has 0 N–H and O–H groups in total. The normalized spacial score (nSPS) is 13.1. The molecule has 0 atom stereocenters. The first-order chi connectivity index (χ1) is 9.84. The van der Waals surface area contributed by atoms with E-state index in [2.05, 4.69) is 55.9 Å². The van der Waals surface area contributed by atoms with E-state index >= 15 is 0 Å². The molecule has 5 rings (SSSR count). The van der Waals surface area contributed by atoms with E-state index in [-0.39, 0.29) is 0 Å². The molecule has 0 bridgehead atoms. The van der Waals surface area contributed by atoms with E-state index in [9.17, 15) is 0 Å². The summed E-state index contributed by atoms with van der Waals surface area (Å²) >= 11 is 0. The van der Waals surface area contributed by atoms with Gasteiger partial charge >= 0.3 is 0 Å². The number of aromatic nitrogens is 4. The zero-order valence-electron chi connectivity index (χ0n) is 11.1. The Morgan fingerprint density at radius 2 is 2.15 bits per heavy atom. The average Bonchev–Trinajstić information content (AvgIpc) is 3.10. The van der Waals surface area contributed by atoms with Crippen molar-refractivity contribution < 1.29 is 4.57 Å². The van der Waals surface area contributed by atoms with Gasteiger partial charge in [0.2, 0.25) is 5.82 Å². The molecule has 4 aromatic rings. The van der Waals surface area contributed by atoms with E-state index < -0.39 is 0 Å². The molecule has 4 heteroatoms. The molecule has 0 saturated carbocycles. The molecule has 0 fully saturated rings. The minimum atomic E-state index is 0.952. The third kappa shape index (κ3) is 1.04. The van der Waals surface area contributed by atoms with Gasteiger partial charge in [-0.3, -0.25) is 4.98 Å². The zero-order valence-corrected chi connectivity index (χ0v) is 11.1. The van der Waals surface area contributed by atoms with Crippen molar-refractivity contribution in [1.82, 2.24) is 14.0 Å². The third-order valence-electron chi connectivity index (χ3n) is 4.30. The van der Waals surface area contributed by atoms with Crippen LogP contribution in [0.15, 0.2) is 48.9 Å². The number of rotatable bonds is 0. The molecule has 96 valence electrons. The van der Waals surface area contributed by atoms with Gasteiger partial charge in [0, 0.05) is 6.07 Å². The highest BCUT2D eigenvalue weighted by Crippen LogP contribution is 2.33. The standard InChI is InChI=1S/C16H13N4/c1-18-15-13-5-3-2-4-11(13)10-20(15)14-8-12-9-17-6-7-19(12)16(14)18/h2-9H,10H2,1H3/q+1. The van der Waals surface area contributed by atoms with Crippen LogP contribution in [0.5, 0.6) is 0 Å². The summed E-state index contributed by atoms with van der Waals surface area (Å²) < 4.78 is 6.89. The lowest BCUT2D eigenvalue weighted by molar-refractivity contribution is -0.636. The lowest BCUT2D eigenvalue weighted by Gasteiger charge is -1.97. The molecule has 0 saturated heterocycles. The second-order valence-electron chi connectivity index (χ2n) is 5.35. The summed E-state index contributed by atoms with van der Waals surface area (Å²) in [5, 5.41) is 0. The van der Waals surface area contributed by atoms with Crippen LogP contribution >= 0.6 is 0 Å². The van der Waals surface area contributed by atoms with Crippen molar-refractivity contribution in [3.05, 3.63) is 54.5 Å². The minimum absolute atomic E-state index is 0.952. The summed E-state index contributed by atoms with van der Waals surface area (Å²) in [7, 11) is 2.14. The van der Waals surface area contributed by atoms with Crippen molar-refractivity contribution in [2.75, 3.05) is 0 Å². The van der Waals surface area contributed by atoms with Crippen LogP contribution in [0.2, 0.25) is 0 Å². The maximum Gasteiger partial charge on any atom is 0.273 e. The summed E-state index contributed by atoms with van der Waals surface area (Å²) in [5.41, 5.74) is 6.38. The van der Waals surface area contributed by atoms with Crippen LogP contribution in [-0.2, 0) is 13.6 Å². The summed E-state index contributed by atoms with van der Waals surface area (Å²) in [6, 6.07) is 10.9. The number of nitrogens with zero attached hydrogens (tertiary/aromatic N) is 4. The van der Waals surface area contributed by atoms with Gasteiger partial charge in [0.15, 0.2) is 5.52 Å². The van der Waals surface area contributed by atoms with E-state index in [1.165, 1.54) is 28.1 Å². The molecule has 0 amide bonds. The molecule has 1 aromatic carbocycles. The molecule has 1 aliphatic rings. The molecular weight excluding hydrogens is 248 g/mol. The smallest absolute Gasteiger partial charge is 0.258 e. The van der Waals surface area contributed by atoms with Crippen LogP contribution in [0.3, 0.4) is 0 Å². The summed E-state index contributed by atoms with van der Waals surface area (Å²) in [5.74, 6) is 1.29. The number of fused-ring (bicyclic) bond motifs is 7. The van der Waals surface area contributed by atoms with E-state index in [1.807, 2.05) is 18.6 Å². The Hall–Kier alpha value is -2.62. The predicted molar refractivity (Wildman–Crippen MR) is 76.4 cm³/mol. The Balaban J connectivity index is 1.98. The lowest BCUT2D eigenvalue weighted by Crippen LogP contribution is -2.30. The van der Waals surface area contributed by atoms with Gasteiger partial charge in [0.25, 0.3) is 5.65 Å². The Kier molecular flexibility index (Phi) is 1.67. The maximum absolute atomic E-state index is 4.21. The molecule has 0 radical (unpaired) electrons. The molecule has 3 aromatic heterocycles. The quantitative estimate of drug-likeness (QED) is 0.392. The van der Waals surface area contributed by atoms with Crippen molar-refractivity contribution in [1.29, 1.82) is 0 Å². The van der Waals surface area contributed by atoms with E-state index in [1.54, 1.807) is 0 Å². The third-order valence-corrected chi connectivity index (χ3v) is 4.30. The molecular formula is C16H13N4+. The second kappa shape index (κ2) is 3.28. The number of hydrogen-bond acceptors (Lipinski definition) is 1. The lowest BCUT2D eigenvalue weighted by atomic mass is 10.1. The monoisotopic (exact) mass is 261 g/mol. The fourth-order valence-electron chi connectivity index (χ4n) is 3.46. The highest BCUT2D eigenvalue weighted by Gasteiger charge is 2.32. The van der Waals surface area contributed by atoms with Gasteiger partial charge in [-0.05, 0) is 11.6 Å². The molecule has 4 heterocycles. The van der Waals surface area contributed by atoms with Crippen LogP contribution in [0.4, 0.5) is 0 Å². The van der Waals surface area contributed by atoms with Gasteiger partial charge < -0.3 is 0 Å². The van der Waals surface area contributed by atoms with E-state index in [4.69, 9.17) is 0 Å². The topological polar surface area (TPSA) is 26.1 Å². The fourth-order valence-corrected chi connectivity index (χ4v) is 3.46. The SMILES string of the molecule is C[n+]1c2n(c3cc4cnccn4c31)Cc1ccccc1-2. The Morgan fingerprint density at radius 1 is 1.25 bits per heavy atom. The Morgan fingerprint density at radius 3 is 3.10 bits per heavy atom. The maximum atomic E-state index is 4.21. The first-order valence-electron chi connectivity index (χ1n) is 6.76. The summed E-state index contributed by atoms with van der Waals surface area (Å²) in [6.45, 7) is 0.952. The van der Waals surface area contributed by atoms with Gasteiger partial charge in [-0.2, -0.15) is 0 Å². The van der Waals surface area contributed by atoms with Crippen molar-refractivity contribution in [2.24, 2.45) is 7.05 Å². The number of aryl methyl sites for hydroxylation is 1. The molecule has 0 unspecified atom stereocenters. The van der Waals surface area contributed by atoms with Crippen LogP contribution in [0.1, 0.15) is 5.56 Å². The number of imidazole rings is 1. The second-order valence-corrected chi connectivity index (χ2v) is 5.35. The average molecular weight is 261 g/mol. The van der Waals surface area contributed by atoms with Gasteiger partial charge in [0.05, 0.1) is 37.7 Å². The largest absolute Gasteiger partial charge is 0.273 e. The number of hydrogen-bond donors (Lipinski definition) is 0. The molecule has 0 spiro atoms. The van der Waals surface area contributed by atoms with Crippen molar-refractivity contribution in [2.45, 2.75) is 6.54 Å². The first kappa shape index (κ1) is 10.2. The van der Waals surface area contributed by atoms with Crippen molar-refractivity contribution >= 4 is 16.7 Å². The first-order valence-corrected chi connectivity index (χ1v) is 6.76. The Bertz CT molecular complexity index is 990. The van der Waals surface area contributed by atoms with Crippen LogP contribution in [0, 0.1) is 0 Å². The van der Waals surface area contributed by atoms with Gasteiger partial charge in [-0.15, -0.1) is 0 Å². The van der Waals surface area contributed by atoms with Gasteiger partial charge in [-0.1, -0.05) is 18.2 Å².